The number of hydrogen-bond acceptors (Lipinski definition) is 4. The van der Waals surface area contributed by atoms with Gasteiger partial charge < -0.3 is 9.84 Å². The lowest BCUT2D eigenvalue weighted by atomic mass is 9.74. The summed E-state index contributed by atoms with van der Waals surface area (Å²) < 4.78 is 5.41. The van der Waals surface area contributed by atoms with Gasteiger partial charge in [-0.05, 0) is 76.6 Å². The minimum atomic E-state index is -0.129. The first kappa shape index (κ1) is 23.1. The van der Waals surface area contributed by atoms with Crippen LogP contribution in [0.4, 0.5) is 0 Å². The van der Waals surface area contributed by atoms with E-state index in [1.54, 1.807) is 13.0 Å². The van der Waals surface area contributed by atoms with E-state index < -0.39 is 0 Å². The zero-order chi connectivity index (χ0) is 23.5. The van der Waals surface area contributed by atoms with Gasteiger partial charge in [-0.15, -0.1) is 0 Å². The molecule has 2 aliphatic rings. The third-order valence-corrected chi connectivity index (χ3v) is 7.95. The number of hydrogen-bond donors (Lipinski definition) is 1. The number of amides is 1. The molecule has 0 spiro atoms. The molecule has 2 heterocycles. The predicted molar refractivity (Wildman–Crippen MR) is 135 cm³/mol. The molecule has 1 aliphatic carbocycles. The highest BCUT2D eigenvalue weighted by molar-refractivity contribution is 6.33. The fourth-order valence-electron chi connectivity index (χ4n) is 5.81. The zero-order valence-electron chi connectivity index (χ0n) is 19.7. The minimum Gasteiger partial charge on any atom is -0.360 e. The molecule has 6 heteroatoms. The van der Waals surface area contributed by atoms with E-state index in [0.29, 0.717) is 27.6 Å². The van der Waals surface area contributed by atoms with Gasteiger partial charge in [0.2, 0.25) is 0 Å². The Morgan fingerprint density at radius 1 is 1.09 bits per heavy atom. The van der Waals surface area contributed by atoms with E-state index in [4.69, 9.17) is 16.1 Å². The Hall–Kier alpha value is -2.63. The number of aromatic nitrogens is 1. The van der Waals surface area contributed by atoms with E-state index in [1.165, 1.54) is 31.5 Å². The summed E-state index contributed by atoms with van der Waals surface area (Å²) in [4.78, 5) is 16.1. The van der Waals surface area contributed by atoms with Crippen molar-refractivity contribution in [2.45, 2.75) is 63.5 Å². The lowest BCUT2D eigenvalue weighted by molar-refractivity contribution is 0.0594. The van der Waals surface area contributed by atoms with Gasteiger partial charge in [0, 0.05) is 17.1 Å². The molecule has 1 saturated carbocycles. The Morgan fingerprint density at radius 3 is 2.47 bits per heavy atom. The Morgan fingerprint density at radius 2 is 1.76 bits per heavy atom. The molecule has 5 rings (SSSR count). The fourth-order valence-corrected chi connectivity index (χ4v) is 6.03. The van der Waals surface area contributed by atoms with Crippen molar-refractivity contribution in [3.8, 4) is 11.3 Å². The van der Waals surface area contributed by atoms with Crippen LogP contribution < -0.4 is 5.32 Å². The molecule has 1 N–H and O–H groups in total. The van der Waals surface area contributed by atoms with Crippen LogP contribution in [0, 0.1) is 6.92 Å². The average molecular weight is 478 g/mol. The Balaban J connectivity index is 1.30. The van der Waals surface area contributed by atoms with Crippen LogP contribution >= 0.6 is 11.6 Å². The van der Waals surface area contributed by atoms with Crippen LogP contribution in [-0.2, 0) is 6.42 Å². The van der Waals surface area contributed by atoms with Crippen molar-refractivity contribution in [3.63, 3.8) is 0 Å². The maximum absolute atomic E-state index is 13.3. The quantitative estimate of drug-likeness (QED) is 0.469. The summed E-state index contributed by atoms with van der Waals surface area (Å²) in [5.41, 5.74) is 3.29. The molecule has 1 aromatic heterocycles. The molecule has 5 nitrogen and oxygen atoms in total. The van der Waals surface area contributed by atoms with Crippen LogP contribution in [0.15, 0.2) is 59.1 Å². The van der Waals surface area contributed by atoms with Gasteiger partial charge in [-0.3, -0.25) is 9.69 Å². The second-order valence-electron chi connectivity index (χ2n) is 9.77. The second-order valence-corrected chi connectivity index (χ2v) is 10.2. The topological polar surface area (TPSA) is 58.4 Å². The zero-order valence-corrected chi connectivity index (χ0v) is 20.5. The SMILES string of the molecule is Cc1onc(-c2ccccc2Cl)c1C(=O)NC1CCC(Cc2ccccc2)(N2CCCC2)CC1. The number of carbonyl (C=O) groups excluding carboxylic acids is 1. The first-order chi connectivity index (χ1) is 16.6. The smallest absolute Gasteiger partial charge is 0.257 e. The molecule has 0 bridgehead atoms. The van der Waals surface area contributed by atoms with Crippen LogP contribution in [0.5, 0.6) is 0 Å². The van der Waals surface area contributed by atoms with Gasteiger partial charge in [0.1, 0.15) is 17.0 Å². The van der Waals surface area contributed by atoms with E-state index in [9.17, 15) is 4.79 Å². The third-order valence-electron chi connectivity index (χ3n) is 7.62. The summed E-state index contributed by atoms with van der Waals surface area (Å²) in [6.07, 6.45) is 7.78. The minimum absolute atomic E-state index is 0.129. The average Bonchev–Trinajstić information content (AvgIpc) is 3.52. The lowest BCUT2D eigenvalue weighted by Crippen LogP contribution is -2.54. The molecule has 2 aromatic carbocycles. The van der Waals surface area contributed by atoms with Gasteiger partial charge in [0.05, 0.1) is 5.02 Å². The summed E-state index contributed by atoms with van der Waals surface area (Å²) in [7, 11) is 0. The van der Waals surface area contributed by atoms with Crippen LogP contribution in [0.3, 0.4) is 0 Å². The van der Waals surface area contributed by atoms with Crippen molar-refractivity contribution < 1.29 is 9.32 Å². The van der Waals surface area contributed by atoms with E-state index in [-0.39, 0.29) is 17.5 Å². The molecule has 34 heavy (non-hydrogen) atoms. The highest BCUT2D eigenvalue weighted by Crippen LogP contribution is 2.39. The van der Waals surface area contributed by atoms with Crippen molar-refractivity contribution >= 4 is 17.5 Å². The molecule has 1 saturated heterocycles. The van der Waals surface area contributed by atoms with Crippen molar-refractivity contribution in [2.75, 3.05) is 13.1 Å². The highest BCUT2D eigenvalue weighted by atomic mass is 35.5. The number of halogens is 1. The van der Waals surface area contributed by atoms with Crippen molar-refractivity contribution in [3.05, 3.63) is 76.5 Å². The third kappa shape index (κ3) is 4.64. The summed E-state index contributed by atoms with van der Waals surface area (Å²) >= 11 is 6.38. The first-order valence-corrected chi connectivity index (χ1v) is 12.7. The molecule has 0 unspecified atom stereocenters. The molecule has 178 valence electrons. The van der Waals surface area contributed by atoms with Crippen molar-refractivity contribution in [2.24, 2.45) is 0 Å². The van der Waals surface area contributed by atoms with Gasteiger partial charge >= 0.3 is 0 Å². The molecule has 2 fully saturated rings. The van der Waals surface area contributed by atoms with Crippen LogP contribution in [0.2, 0.25) is 5.02 Å². The number of benzene rings is 2. The molecule has 1 aliphatic heterocycles. The molecular weight excluding hydrogens is 446 g/mol. The summed E-state index contributed by atoms with van der Waals surface area (Å²) in [5, 5.41) is 7.99. The maximum atomic E-state index is 13.3. The predicted octanol–water partition coefficient (Wildman–Crippen LogP) is 6.05. The van der Waals surface area contributed by atoms with Crippen LogP contribution in [0.1, 0.15) is 60.2 Å². The summed E-state index contributed by atoms with van der Waals surface area (Å²) in [6.45, 7) is 4.15. The van der Waals surface area contributed by atoms with E-state index >= 15 is 0 Å². The largest absolute Gasteiger partial charge is 0.360 e. The number of rotatable bonds is 6. The molecule has 3 aromatic rings. The number of nitrogens with one attached hydrogen (secondary N) is 1. The molecule has 0 atom stereocenters. The van der Waals surface area contributed by atoms with Crippen LogP contribution in [0.25, 0.3) is 11.3 Å². The normalized spacial score (nSPS) is 23.2. The summed E-state index contributed by atoms with van der Waals surface area (Å²) in [5.74, 6) is 0.383. The van der Waals surface area contributed by atoms with Gasteiger partial charge in [0.25, 0.3) is 5.91 Å². The molecule has 0 radical (unpaired) electrons. The number of nitrogens with zero attached hydrogens (tertiary/aromatic N) is 2. The highest BCUT2D eigenvalue weighted by Gasteiger charge is 2.41. The van der Waals surface area contributed by atoms with Crippen molar-refractivity contribution in [1.82, 2.24) is 15.4 Å². The maximum Gasteiger partial charge on any atom is 0.257 e. The van der Waals surface area contributed by atoms with E-state index in [2.05, 4.69) is 45.7 Å². The number of likely N-dealkylation sites (tertiary alicyclic amines) is 1. The number of aryl methyl sites for hydroxylation is 1. The van der Waals surface area contributed by atoms with Gasteiger partial charge in [-0.25, -0.2) is 0 Å². The van der Waals surface area contributed by atoms with Gasteiger partial charge in [-0.1, -0.05) is 65.3 Å². The first-order valence-electron chi connectivity index (χ1n) is 12.4. The Kier molecular flexibility index (Phi) is 6.75. The number of carbonyl (C=O) groups is 1. The molecular formula is C28H32ClN3O2. The monoisotopic (exact) mass is 477 g/mol. The lowest BCUT2D eigenvalue weighted by Gasteiger charge is -2.47. The fraction of sp³-hybridized carbons (Fsp3) is 0.429. The Labute approximate surface area is 206 Å². The van der Waals surface area contributed by atoms with Gasteiger partial charge in [0.15, 0.2) is 0 Å². The summed E-state index contributed by atoms with van der Waals surface area (Å²) in [6, 6.07) is 18.4. The molecule has 1 amide bonds. The van der Waals surface area contributed by atoms with Crippen LogP contribution in [-0.4, -0.2) is 40.6 Å². The Bertz CT molecular complexity index is 1130. The van der Waals surface area contributed by atoms with Crippen molar-refractivity contribution in [1.29, 1.82) is 0 Å². The van der Waals surface area contributed by atoms with Gasteiger partial charge in [-0.2, -0.15) is 0 Å². The second kappa shape index (κ2) is 9.93. The van der Waals surface area contributed by atoms with E-state index in [1.807, 2.05) is 18.2 Å². The standard InChI is InChI=1S/C28H32ClN3O2/c1-20-25(26(31-34-20)23-11-5-6-12-24(23)29)27(33)30-22-13-15-28(16-14-22,32-17-7-8-18-32)19-21-9-3-2-4-10-21/h2-6,9-12,22H,7-8,13-19H2,1H3,(H,30,33). The van der Waals surface area contributed by atoms with E-state index in [0.717, 1.165) is 32.1 Å².